The number of pyridine rings is 1. The summed E-state index contributed by atoms with van der Waals surface area (Å²) in [6.07, 6.45) is 3.46. The molecule has 23 heavy (non-hydrogen) atoms. The number of hydrogen-bond acceptors (Lipinski definition) is 7. The first-order valence-corrected chi connectivity index (χ1v) is 7.84. The van der Waals surface area contributed by atoms with E-state index in [1.165, 1.54) is 11.8 Å². The maximum atomic E-state index is 9.22. The highest BCUT2D eigenvalue weighted by Gasteiger charge is 2.15. The molecule has 0 fully saturated rings. The molecule has 0 amide bonds. The zero-order valence-electron chi connectivity index (χ0n) is 13.1. The fourth-order valence-electron chi connectivity index (χ4n) is 1.98. The van der Waals surface area contributed by atoms with Crippen molar-refractivity contribution in [3.05, 3.63) is 41.6 Å². The number of aromatic nitrogens is 6. The second-order valence-corrected chi connectivity index (χ2v) is 5.98. The van der Waals surface area contributed by atoms with Crippen molar-refractivity contribution in [2.75, 3.05) is 0 Å². The van der Waals surface area contributed by atoms with Gasteiger partial charge in [0, 0.05) is 36.3 Å². The SMILES string of the molecule is Cc1nc(-c2cccnc2)nc(Sc2nnc(CO)n2C)c1C. The molecule has 0 spiro atoms. The highest BCUT2D eigenvalue weighted by molar-refractivity contribution is 7.99. The Morgan fingerprint density at radius 2 is 2.04 bits per heavy atom. The summed E-state index contributed by atoms with van der Waals surface area (Å²) in [5, 5.41) is 18.8. The van der Waals surface area contributed by atoms with Crippen LogP contribution in [-0.4, -0.2) is 34.8 Å². The Morgan fingerprint density at radius 3 is 2.70 bits per heavy atom. The Morgan fingerprint density at radius 1 is 1.22 bits per heavy atom. The fraction of sp³-hybridized carbons (Fsp3) is 0.267. The number of aliphatic hydroxyl groups is 1. The van der Waals surface area contributed by atoms with Crippen LogP contribution in [0.25, 0.3) is 11.4 Å². The largest absolute Gasteiger partial charge is 0.388 e. The number of hydrogen-bond donors (Lipinski definition) is 1. The van der Waals surface area contributed by atoms with Crippen molar-refractivity contribution in [1.29, 1.82) is 0 Å². The molecule has 0 bridgehead atoms. The topological polar surface area (TPSA) is 89.6 Å². The lowest BCUT2D eigenvalue weighted by Gasteiger charge is -2.09. The first-order chi connectivity index (χ1) is 11.1. The van der Waals surface area contributed by atoms with Gasteiger partial charge in [-0.2, -0.15) is 0 Å². The maximum absolute atomic E-state index is 9.22. The van der Waals surface area contributed by atoms with E-state index < -0.39 is 0 Å². The third-order valence-electron chi connectivity index (χ3n) is 3.52. The van der Waals surface area contributed by atoms with Gasteiger partial charge in [0.1, 0.15) is 11.6 Å². The van der Waals surface area contributed by atoms with Crippen molar-refractivity contribution in [1.82, 2.24) is 29.7 Å². The third kappa shape index (κ3) is 3.08. The summed E-state index contributed by atoms with van der Waals surface area (Å²) in [4.78, 5) is 13.3. The minimum atomic E-state index is -0.146. The van der Waals surface area contributed by atoms with Gasteiger partial charge in [0.15, 0.2) is 16.8 Å². The van der Waals surface area contributed by atoms with Gasteiger partial charge < -0.3 is 9.67 Å². The summed E-state index contributed by atoms with van der Waals surface area (Å²) in [7, 11) is 1.82. The van der Waals surface area contributed by atoms with Crippen LogP contribution in [0.4, 0.5) is 0 Å². The molecule has 0 saturated heterocycles. The number of aliphatic hydroxyl groups excluding tert-OH is 1. The average Bonchev–Trinajstić information content (AvgIpc) is 2.92. The van der Waals surface area contributed by atoms with Crippen molar-refractivity contribution in [2.45, 2.75) is 30.6 Å². The van der Waals surface area contributed by atoms with Gasteiger partial charge in [-0.25, -0.2) is 9.97 Å². The summed E-state index contributed by atoms with van der Waals surface area (Å²) in [6.45, 7) is 3.79. The predicted octanol–water partition coefficient (Wildman–Crippen LogP) is 1.93. The Kier molecular flexibility index (Phi) is 4.35. The second-order valence-electron chi connectivity index (χ2n) is 5.02. The number of nitrogens with zero attached hydrogens (tertiary/aromatic N) is 6. The fourth-order valence-corrected chi connectivity index (χ4v) is 2.91. The van der Waals surface area contributed by atoms with Crippen LogP contribution in [0.1, 0.15) is 17.1 Å². The van der Waals surface area contributed by atoms with Gasteiger partial charge in [-0.15, -0.1) is 10.2 Å². The Labute approximate surface area is 137 Å². The molecule has 8 heteroatoms. The van der Waals surface area contributed by atoms with Crippen LogP contribution in [0.2, 0.25) is 0 Å². The van der Waals surface area contributed by atoms with Crippen LogP contribution >= 0.6 is 11.8 Å². The van der Waals surface area contributed by atoms with Gasteiger partial charge in [0.2, 0.25) is 0 Å². The zero-order valence-corrected chi connectivity index (χ0v) is 13.9. The minimum Gasteiger partial charge on any atom is -0.388 e. The first-order valence-electron chi connectivity index (χ1n) is 7.02. The van der Waals surface area contributed by atoms with Gasteiger partial charge in [0.25, 0.3) is 0 Å². The zero-order chi connectivity index (χ0) is 16.4. The van der Waals surface area contributed by atoms with E-state index in [2.05, 4.69) is 25.1 Å². The van der Waals surface area contributed by atoms with Gasteiger partial charge in [-0.1, -0.05) is 0 Å². The third-order valence-corrected chi connectivity index (χ3v) is 4.65. The maximum Gasteiger partial charge on any atom is 0.197 e. The Hall–Kier alpha value is -2.32. The van der Waals surface area contributed by atoms with E-state index >= 15 is 0 Å². The molecule has 0 aliphatic rings. The quantitative estimate of drug-likeness (QED) is 0.732. The predicted molar refractivity (Wildman–Crippen MR) is 85.8 cm³/mol. The first kappa shape index (κ1) is 15.6. The van der Waals surface area contributed by atoms with Gasteiger partial charge in [-0.05, 0) is 37.7 Å². The smallest absolute Gasteiger partial charge is 0.197 e. The molecule has 118 valence electrons. The highest BCUT2D eigenvalue weighted by Crippen LogP contribution is 2.30. The van der Waals surface area contributed by atoms with E-state index in [1.54, 1.807) is 17.0 Å². The van der Waals surface area contributed by atoms with Crippen molar-refractivity contribution in [3.8, 4) is 11.4 Å². The molecule has 0 saturated carbocycles. The summed E-state index contributed by atoms with van der Waals surface area (Å²) < 4.78 is 1.76. The van der Waals surface area contributed by atoms with Crippen LogP contribution in [-0.2, 0) is 13.7 Å². The van der Waals surface area contributed by atoms with E-state index in [0.717, 1.165) is 21.8 Å². The second kappa shape index (κ2) is 6.43. The molecule has 0 atom stereocenters. The van der Waals surface area contributed by atoms with Crippen molar-refractivity contribution in [3.63, 3.8) is 0 Å². The molecule has 0 unspecified atom stereocenters. The normalized spacial score (nSPS) is 11.0. The molecule has 3 heterocycles. The van der Waals surface area contributed by atoms with Crippen LogP contribution in [0.15, 0.2) is 34.7 Å². The van der Waals surface area contributed by atoms with Crippen LogP contribution < -0.4 is 0 Å². The molecular weight excluding hydrogens is 312 g/mol. The van der Waals surface area contributed by atoms with E-state index in [1.807, 2.05) is 33.0 Å². The molecule has 7 nitrogen and oxygen atoms in total. The van der Waals surface area contributed by atoms with E-state index in [4.69, 9.17) is 0 Å². The molecule has 0 aliphatic heterocycles. The Balaban J connectivity index is 2.01. The number of rotatable bonds is 4. The highest BCUT2D eigenvalue weighted by atomic mass is 32.2. The monoisotopic (exact) mass is 328 g/mol. The molecular formula is C15H16N6OS. The van der Waals surface area contributed by atoms with Crippen LogP contribution in [0, 0.1) is 13.8 Å². The van der Waals surface area contributed by atoms with Gasteiger partial charge >= 0.3 is 0 Å². The summed E-state index contributed by atoms with van der Waals surface area (Å²) in [6, 6.07) is 3.79. The molecule has 3 aromatic heterocycles. The summed E-state index contributed by atoms with van der Waals surface area (Å²) in [5.41, 5.74) is 2.77. The molecule has 0 radical (unpaired) electrons. The molecule has 0 aromatic carbocycles. The standard InChI is InChI=1S/C15H16N6OS/c1-9-10(2)17-13(11-5-4-6-16-7-11)18-14(9)23-15-20-19-12(8-22)21(15)3/h4-7,22H,8H2,1-3H3. The minimum absolute atomic E-state index is 0.146. The molecule has 3 rings (SSSR count). The molecule has 1 N–H and O–H groups in total. The van der Waals surface area contributed by atoms with Gasteiger partial charge in [0.05, 0.1) is 0 Å². The lowest BCUT2D eigenvalue weighted by Crippen LogP contribution is -2.01. The van der Waals surface area contributed by atoms with Crippen molar-refractivity contribution < 1.29 is 5.11 Å². The lowest BCUT2D eigenvalue weighted by molar-refractivity contribution is 0.266. The van der Waals surface area contributed by atoms with E-state index in [-0.39, 0.29) is 6.61 Å². The molecule has 3 aromatic rings. The van der Waals surface area contributed by atoms with Crippen molar-refractivity contribution >= 4 is 11.8 Å². The number of aryl methyl sites for hydroxylation is 1. The van der Waals surface area contributed by atoms with E-state index in [0.29, 0.717) is 16.8 Å². The molecule has 0 aliphatic carbocycles. The lowest BCUT2D eigenvalue weighted by atomic mass is 10.2. The van der Waals surface area contributed by atoms with Gasteiger partial charge in [-0.3, -0.25) is 4.98 Å². The van der Waals surface area contributed by atoms with Crippen molar-refractivity contribution in [2.24, 2.45) is 7.05 Å². The Bertz CT molecular complexity index is 833. The van der Waals surface area contributed by atoms with Crippen LogP contribution in [0.5, 0.6) is 0 Å². The summed E-state index contributed by atoms with van der Waals surface area (Å²) in [5.74, 6) is 1.15. The van der Waals surface area contributed by atoms with E-state index in [9.17, 15) is 5.11 Å². The average molecular weight is 328 g/mol. The van der Waals surface area contributed by atoms with Crippen LogP contribution in [0.3, 0.4) is 0 Å². The summed E-state index contributed by atoms with van der Waals surface area (Å²) >= 11 is 1.41.